The van der Waals surface area contributed by atoms with Crippen LogP contribution in [0.1, 0.15) is 77.6 Å². The fourth-order valence-corrected chi connectivity index (χ4v) is 6.53. The van der Waals surface area contributed by atoms with Gasteiger partial charge in [-0.1, -0.05) is 38.3 Å². The maximum atomic E-state index is 12.5. The van der Waals surface area contributed by atoms with E-state index in [1.807, 2.05) is 0 Å². The highest BCUT2D eigenvalue weighted by molar-refractivity contribution is 7.84. The van der Waals surface area contributed by atoms with Crippen LogP contribution in [0.3, 0.4) is 0 Å². The minimum atomic E-state index is -0.706. The monoisotopic (exact) mass is 368 g/mol. The lowest BCUT2D eigenvalue weighted by molar-refractivity contribution is -0.137. The Labute approximate surface area is 156 Å². The van der Waals surface area contributed by atoms with E-state index < -0.39 is 16.8 Å². The fourth-order valence-electron chi connectivity index (χ4n) is 4.89. The molecule has 4 heteroatoms. The van der Waals surface area contributed by atoms with E-state index >= 15 is 0 Å². The van der Waals surface area contributed by atoms with Crippen molar-refractivity contribution >= 4 is 16.8 Å². The lowest BCUT2D eigenvalue weighted by Gasteiger charge is -2.30. The van der Waals surface area contributed by atoms with E-state index in [1.165, 1.54) is 38.5 Å². The van der Waals surface area contributed by atoms with Crippen LogP contribution in [-0.4, -0.2) is 26.8 Å². The van der Waals surface area contributed by atoms with Crippen LogP contribution in [0.5, 0.6) is 0 Å². The molecule has 0 aromatic heterocycles. The molecule has 2 rings (SSSR count). The average molecular weight is 369 g/mol. The number of rotatable bonds is 13. The summed E-state index contributed by atoms with van der Waals surface area (Å²) in [6.07, 6.45) is 16.3. The SMILES string of the molecule is CCCCCCS(=O)C[C@H]1[C@H]2CC[C@H](C2)[C@H]1CC=CCCCC(=O)O. The van der Waals surface area contributed by atoms with Crippen molar-refractivity contribution in [2.45, 2.75) is 77.6 Å². The lowest BCUT2D eigenvalue weighted by Crippen LogP contribution is -2.27. The average Bonchev–Trinajstić information content (AvgIpc) is 3.17. The Balaban J connectivity index is 1.73. The predicted octanol–water partition coefficient (Wildman–Crippen LogP) is 5.18. The second kappa shape index (κ2) is 11.2. The maximum Gasteiger partial charge on any atom is 0.303 e. The number of carbonyl (C=O) groups is 1. The van der Waals surface area contributed by atoms with Crippen LogP contribution in [0.2, 0.25) is 0 Å². The molecule has 0 spiro atoms. The van der Waals surface area contributed by atoms with Gasteiger partial charge in [-0.3, -0.25) is 9.00 Å². The molecule has 1 unspecified atom stereocenters. The van der Waals surface area contributed by atoms with Gasteiger partial charge in [0.1, 0.15) is 0 Å². The van der Waals surface area contributed by atoms with Gasteiger partial charge in [0.15, 0.2) is 0 Å². The number of carboxylic acids is 1. The largest absolute Gasteiger partial charge is 0.481 e. The number of hydrogen-bond donors (Lipinski definition) is 1. The molecule has 2 saturated carbocycles. The topological polar surface area (TPSA) is 54.4 Å². The van der Waals surface area contributed by atoms with Gasteiger partial charge in [0.2, 0.25) is 0 Å². The number of aliphatic carboxylic acids is 1. The Kier molecular flexibility index (Phi) is 9.22. The van der Waals surface area contributed by atoms with Gasteiger partial charge in [0.25, 0.3) is 0 Å². The molecule has 0 aromatic rings. The quantitative estimate of drug-likeness (QED) is 0.360. The third-order valence-corrected chi connectivity index (χ3v) is 7.72. The van der Waals surface area contributed by atoms with Gasteiger partial charge in [-0.2, -0.15) is 0 Å². The highest BCUT2D eigenvalue weighted by Crippen LogP contribution is 2.53. The molecular weight excluding hydrogens is 332 g/mol. The first-order chi connectivity index (χ1) is 12.1. The highest BCUT2D eigenvalue weighted by Gasteiger charge is 2.46. The van der Waals surface area contributed by atoms with E-state index in [1.54, 1.807) is 0 Å². The maximum absolute atomic E-state index is 12.5. The summed E-state index contributed by atoms with van der Waals surface area (Å²) in [6.45, 7) is 2.21. The first kappa shape index (κ1) is 20.7. The molecule has 5 atom stereocenters. The standard InChI is InChI=1S/C21H36O3S/c1-2-3-4-9-14-25(24)16-20-18-13-12-17(15-18)19(20)10-7-5-6-8-11-21(22)23/h5,7,17-20H,2-4,6,8-16H2,1H3,(H,22,23)/t17-,18+,19-,20+,25?/m1/s1. The molecule has 2 aliphatic carbocycles. The van der Waals surface area contributed by atoms with E-state index in [2.05, 4.69) is 19.1 Å². The van der Waals surface area contributed by atoms with Crippen molar-refractivity contribution < 1.29 is 14.1 Å². The van der Waals surface area contributed by atoms with E-state index in [0.29, 0.717) is 11.8 Å². The molecule has 0 aliphatic heterocycles. The Morgan fingerprint density at radius 3 is 2.56 bits per heavy atom. The minimum Gasteiger partial charge on any atom is -0.481 e. The molecule has 2 aliphatic rings. The summed E-state index contributed by atoms with van der Waals surface area (Å²) in [5.74, 6) is 4.15. The van der Waals surface area contributed by atoms with E-state index in [9.17, 15) is 9.00 Å². The Bertz CT molecular complexity index is 460. The fraction of sp³-hybridized carbons (Fsp3) is 0.857. The Morgan fingerprint density at radius 1 is 1.08 bits per heavy atom. The third kappa shape index (κ3) is 6.88. The van der Waals surface area contributed by atoms with Crippen molar-refractivity contribution in [2.24, 2.45) is 23.7 Å². The highest BCUT2D eigenvalue weighted by atomic mass is 32.2. The molecular formula is C21H36O3S. The van der Waals surface area contributed by atoms with Gasteiger partial charge >= 0.3 is 5.97 Å². The zero-order valence-corrected chi connectivity index (χ0v) is 16.6. The van der Waals surface area contributed by atoms with Gasteiger partial charge in [-0.25, -0.2) is 0 Å². The van der Waals surface area contributed by atoms with E-state index in [4.69, 9.17) is 5.11 Å². The van der Waals surface area contributed by atoms with Crippen molar-refractivity contribution in [3.8, 4) is 0 Å². The molecule has 3 nitrogen and oxygen atoms in total. The van der Waals surface area contributed by atoms with Crippen LogP contribution < -0.4 is 0 Å². The van der Waals surface area contributed by atoms with Crippen molar-refractivity contribution in [1.82, 2.24) is 0 Å². The molecule has 0 aromatic carbocycles. The molecule has 2 fully saturated rings. The smallest absolute Gasteiger partial charge is 0.303 e. The van der Waals surface area contributed by atoms with Gasteiger partial charge < -0.3 is 5.11 Å². The van der Waals surface area contributed by atoms with Gasteiger partial charge in [0, 0.05) is 28.7 Å². The summed E-state index contributed by atoms with van der Waals surface area (Å²) in [5, 5.41) is 8.67. The van der Waals surface area contributed by atoms with Crippen molar-refractivity contribution in [1.29, 1.82) is 0 Å². The number of unbranched alkanes of at least 4 members (excludes halogenated alkanes) is 4. The van der Waals surface area contributed by atoms with Crippen molar-refractivity contribution in [2.75, 3.05) is 11.5 Å². The molecule has 144 valence electrons. The molecule has 0 saturated heterocycles. The summed E-state index contributed by atoms with van der Waals surface area (Å²) in [6, 6.07) is 0. The molecule has 0 radical (unpaired) electrons. The van der Waals surface area contributed by atoms with Gasteiger partial charge in [-0.15, -0.1) is 0 Å². The van der Waals surface area contributed by atoms with Crippen LogP contribution in [0, 0.1) is 23.7 Å². The normalized spacial score (nSPS) is 29.5. The predicted molar refractivity (Wildman–Crippen MR) is 105 cm³/mol. The summed E-state index contributed by atoms with van der Waals surface area (Å²) in [4.78, 5) is 10.5. The number of allylic oxidation sites excluding steroid dienone is 2. The second-order valence-corrected chi connectivity index (χ2v) is 9.65. The summed E-state index contributed by atoms with van der Waals surface area (Å²) >= 11 is 0. The van der Waals surface area contributed by atoms with Crippen LogP contribution in [0.25, 0.3) is 0 Å². The number of carboxylic acid groups (broad SMARTS) is 1. The molecule has 0 amide bonds. The van der Waals surface area contributed by atoms with Crippen LogP contribution >= 0.6 is 0 Å². The van der Waals surface area contributed by atoms with Gasteiger partial charge in [-0.05, 0) is 68.6 Å². The first-order valence-electron chi connectivity index (χ1n) is 10.3. The minimum absolute atomic E-state index is 0.262. The molecule has 25 heavy (non-hydrogen) atoms. The number of hydrogen-bond acceptors (Lipinski definition) is 2. The zero-order valence-electron chi connectivity index (χ0n) is 15.8. The number of fused-ring (bicyclic) bond motifs is 2. The van der Waals surface area contributed by atoms with Gasteiger partial charge in [0.05, 0.1) is 0 Å². The van der Waals surface area contributed by atoms with Crippen molar-refractivity contribution in [3.63, 3.8) is 0 Å². The summed E-state index contributed by atoms with van der Waals surface area (Å²) in [5.41, 5.74) is 0. The van der Waals surface area contributed by atoms with Crippen LogP contribution in [-0.2, 0) is 15.6 Å². The van der Waals surface area contributed by atoms with E-state index in [0.717, 1.165) is 49.0 Å². The summed E-state index contributed by atoms with van der Waals surface area (Å²) in [7, 11) is -0.641. The molecule has 1 N–H and O–H groups in total. The lowest BCUT2D eigenvalue weighted by atomic mass is 9.78. The Hall–Kier alpha value is -0.640. The second-order valence-electron chi connectivity index (χ2n) is 8.03. The Morgan fingerprint density at radius 2 is 1.84 bits per heavy atom. The molecule has 2 bridgehead atoms. The zero-order chi connectivity index (χ0) is 18.1. The summed E-state index contributed by atoms with van der Waals surface area (Å²) < 4.78 is 12.5. The van der Waals surface area contributed by atoms with Crippen LogP contribution in [0.15, 0.2) is 12.2 Å². The first-order valence-corrected chi connectivity index (χ1v) is 11.8. The van der Waals surface area contributed by atoms with Crippen LogP contribution in [0.4, 0.5) is 0 Å². The third-order valence-electron chi connectivity index (χ3n) is 6.21. The molecule has 0 heterocycles. The van der Waals surface area contributed by atoms with E-state index in [-0.39, 0.29) is 6.42 Å². The van der Waals surface area contributed by atoms with Crippen molar-refractivity contribution in [3.05, 3.63) is 12.2 Å².